The van der Waals surface area contributed by atoms with Crippen molar-refractivity contribution in [3.8, 4) is 0 Å². The molecule has 1 aromatic heterocycles. The number of hydrogen-bond acceptors (Lipinski definition) is 5. The molecular formula is C9H12O5S. The number of carboxylic acids is 1. The van der Waals surface area contributed by atoms with Gasteiger partial charge in [-0.1, -0.05) is 0 Å². The normalized spacial score (nSPS) is 14.9. The van der Waals surface area contributed by atoms with Gasteiger partial charge in [-0.05, 0) is 17.0 Å². The minimum atomic E-state index is -1.24. The van der Waals surface area contributed by atoms with E-state index < -0.39 is 24.8 Å². The summed E-state index contributed by atoms with van der Waals surface area (Å²) in [6.45, 7) is -0.536. The quantitative estimate of drug-likeness (QED) is 0.562. The van der Waals surface area contributed by atoms with Crippen molar-refractivity contribution in [1.82, 2.24) is 0 Å². The third-order valence-corrected chi connectivity index (χ3v) is 2.85. The van der Waals surface area contributed by atoms with Crippen LogP contribution >= 0.6 is 11.3 Å². The van der Waals surface area contributed by atoms with Crippen molar-refractivity contribution in [2.24, 2.45) is 0 Å². The standard InChI is InChI=1S/C9H12O5S/c10-3-7(11)9(14)5-1-6(15-4-5)2-8(12)13/h1,4,7,9-11,14H,2-3H2,(H,12,13). The maximum atomic E-state index is 10.4. The van der Waals surface area contributed by atoms with E-state index in [0.29, 0.717) is 10.4 Å². The van der Waals surface area contributed by atoms with Gasteiger partial charge in [-0.2, -0.15) is 0 Å². The summed E-state index contributed by atoms with van der Waals surface area (Å²) in [6, 6.07) is 1.52. The minimum Gasteiger partial charge on any atom is -0.481 e. The molecular weight excluding hydrogens is 220 g/mol. The molecule has 0 aliphatic carbocycles. The molecule has 84 valence electrons. The number of rotatable bonds is 5. The summed E-state index contributed by atoms with van der Waals surface area (Å²) in [5, 5.41) is 37.4. The van der Waals surface area contributed by atoms with Crippen LogP contribution in [-0.2, 0) is 11.2 Å². The summed E-state index contributed by atoms with van der Waals surface area (Å²) < 4.78 is 0. The maximum Gasteiger partial charge on any atom is 0.308 e. The number of aliphatic carboxylic acids is 1. The lowest BCUT2D eigenvalue weighted by Crippen LogP contribution is -2.21. The Kier molecular flexibility index (Phi) is 4.22. The molecule has 0 saturated heterocycles. The van der Waals surface area contributed by atoms with Gasteiger partial charge >= 0.3 is 5.97 Å². The molecule has 1 heterocycles. The van der Waals surface area contributed by atoms with Gasteiger partial charge in [-0.15, -0.1) is 11.3 Å². The number of aliphatic hydroxyl groups is 3. The highest BCUT2D eigenvalue weighted by Crippen LogP contribution is 2.23. The van der Waals surface area contributed by atoms with E-state index in [2.05, 4.69) is 0 Å². The Hall–Kier alpha value is -0.950. The van der Waals surface area contributed by atoms with Crippen molar-refractivity contribution in [1.29, 1.82) is 0 Å². The highest BCUT2D eigenvalue weighted by atomic mass is 32.1. The lowest BCUT2D eigenvalue weighted by Gasteiger charge is -2.13. The molecule has 1 aromatic rings. The second-order valence-corrected chi connectivity index (χ2v) is 4.11. The lowest BCUT2D eigenvalue weighted by atomic mass is 10.1. The number of hydrogen-bond donors (Lipinski definition) is 4. The van der Waals surface area contributed by atoms with E-state index in [-0.39, 0.29) is 6.42 Å². The van der Waals surface area contributed by atoms with Gasteiger partial charge in [0.05, 0.1) is 13.0 Å². The average Bonchev–Trinajstić information content (AvgIpc) is 2.63. The molecule has 0 aliphatic heterocycles. The van der Waals surface area contributed by atoms with Crippen LogP contribution < -0.4 is 0 Å². The van der Waals surface area contributed by atoms with E-state index in [1.807, 2.05) is 0 Å². The summed E-state index contributed by atoms with van der Waals surface area (Å²) >= 11 is 1.20. The van der Waals surface area contributed by atoms with E-state index in [0.717, 1.165) is 0 Å². The van der Waals surface area contributed by atoms with Crippen LogP contribution in [0.2, 0.25) is 0 Å². The van der Waals surface area contributed by atoms with Crippen LogP contribution in [0.25, 0.3) is 0 Å². The van der Waals surface area contributed by atoms with E-state index >= 15 is 0 Å². The fraction of sp³-hybridized carbons (Fsp3) is 0.444. The van der Waals surface area contributed by atoms with Crippen LogP contribution in [0.15, 0.2) is 11.4 Å². The second kappa shape index (κ2) is 5.22. The van der Waals surface area contributed by atoms with Gasteiger partial charge in [-0.25, -0.2) is 0 Å². The topological polar surface area (TPSA) is 98.0 Å². The Balaban J connectivity index is 2.70. The largest absolute Gasteiger partial charge is 0.481 e. The first-order valence-corrected chi connectivity index (χ1v) is 5.18. The van der Waals surface area contributed by atoms with Gasteiger partial charge in [0, 0.05) is 4.88 Å². The zero-order valence-electron chi connectivity index (χ0n) is 7.83. The molecule has 2 atom stereocenters. The molecule has 0 aliphatic rings. The summed E-state index contributed by atoms with van der Waals surface area (Å²) in [7, 11) is 0. The summed E-state index contributed by atoms with van der Waals surface area (Å²) in [5.41, 5.74) is 0.429. The predicted molar refractivity (Wildman–Crippen MR) is 53.7 cm³/mol. The molecule has 0 aromatic carbocycles. The highest BCUT2D eigenvalue weighted by molar-refractivity contribution is 7.10. The SMILES string of the molecule is O=C(O)Cc1cc(C(O)C(O)CO)cs1. The molecule has 0 saturated carbocycles. The first-order valence-electron chi connectivity index (χ1n) is 4.30. The van der Waals surface area contributed by atoms with E-state index in [1.165, 1.54) is 17.4 Å². The molecule has 5 nitrogen and oxygen atoms in total. The number of carboxylic acid groups (broad SMARTS) is 1. The van der Waals surface area contributed by atoms with Crippen molar-refractivity contribution >= 4 is 17.3 Å². The Morgan fingerprint density at radius 3 is 2.67 bits per heavy atom. The number of aliphatic hydroxyl groups excluding tert-OH is 3. The smallest absolute Gasteiger partial charge is 0.308 e. The molecule has 2 unspecified atom stereocenters. The molecule has 6 heteroatoms. The molecule has 15 heavy (non-hydrogen) atoms. The van der Waals surface area contributed by atoms with E-state index in [9.17, 15) is 9.90 Å². The number of thiophene rings is 1. The predicted octanol–water partition coefficient (Wildman–Crippen LogP) is -0.238. The summed E-state index contributed by atoms with van der Waals surface area (Å²) in [5.74, 6) is -0.944. The molecule has 0 fully saturated rings. The minimum absolute atomic E-state index is 0.105. The Morgan fingerprint density at radius 1 is 1.47 bits per heavy atom. The van der Waals surface area contributed by atoms with Gasteiger partial charge in [0.2, 0.25) is 0 Å². The molecule has 1 rings (SSSR count). The van der Waals surface area contributed by atoms with Crippen LogP contribution in [0.5, 0.6) is 0 Å². The summed E-state index contributed by atoms with van der Waals surface area (Å²) in [4.78, 5) is 11.0. The average molecular weight is 232 g/mol. The second-order valence-electron chi connectivity index (χ2n) is 3.11. The fourth-order valence-corrected chi connectivity index (χ4v) is 2.02. The zero-order valence-corrected chi connectivity index (χ0v) is 8.65. The first-order chi connectivity index (χ1) is 7.04. The van der Waals surface area contributed by atoms with Crippen LogP contribution in [0.4, 0.5) is 0 Å². The van der Waals surface area contributed by atoms with Crippen molar-refractivity contribution in [3.05, 3.63) is 21.9 Å². The molecule has 4 N–H and O–H groups in total. The van der Waals surface area contributed by atoms with Crippen molar-refractivity contribution in [2.45, 2.75) is 18.6 Å². The molecule has 0 bridgehead atoms. The monoisotopic (exact) mass is 232 g/mol. The summed E-state index contributed by atoms with van der Waals surface area (Å²) in [6.07, 6.45) is -2.52. The van der Waals surface area contributed by atoms with E-state index in [4.69, 9.17) is 15.3 Å². The Labute approximate surface area is 90.2 Å². The van der Waals surface area contributed by atoms with Crippen molar-refractivity contribution < 1.29 is 25.2 Å². The molecule has 0 amide bonds. The van der Waals surface area contributed by atoms with Crippen LogP contribution in [0.3, 0.4) is 0 Å². The third-order valence-electron chi connectivity index (χ3n) is 1.89. The van der Waals surface area contributed by atoms with Crippen molar-refractivity contribution in [3.63, 3.8) is 0 Å². The van der Waals surface area contributed by atoms with Gasteiger partial charge in [-0.3, -0.25) is 4.79 Å². The Bertz CT molecular complexity index is 335. The third kappa shape index (κ3) is 3.28. The van der Waals surface area contributed by atoms with Gasteiger partial charge in [0.15, 0.2) is 0 Å². The van der Waals surface area contributed by atoms with Crippen LogP contribution in [-0.4, -0.2) is 39.1 Å². The van der Waals surface area contributed by atoms with Gasteiger partial charge < -0.3 is 20.4 Å². The number of carbonyl (C=O) groups is 1. The molecule has 0 spiro atoms. The van der Waals surface area contributed by atoms with E-state index in [1.54, 1.807) is 5.38 Å². The Morgan fingerprint density at radius 2 is 2.13 bits per heavy atom. The van der Waals surface area contributed by atoms with Crippen LogP contribution in [0, 0.1) is 0 Å². The lowest BCUT2D eigenvalue weighted by molar-refractivity contribution is -0.136. The maximum absolute atomic E-state index is 10.4. The van der Waals surface area contributed by atoms with Gasteiger partial charge in [0.25, 0.3) is 0 Å². The molecule has 0 radical (unpaired) electrons. The zero-order chi connectivity index (χ0) is 11.4. The highest BCUT2D eigenvalue weighted by Gasteiger charge is 2.19. The van der Waals surface area contributed by atoms with Crippen molar-refractivity contribution in [2.75, 3.05) is 6.61 Å². The first kappa shape index (κ1) is 12.1. The fourth-order valence-electron chi connectivity index (χ4n) is 1.12. The van der Waals surface area contributed by atoms with Crippen LogP contribution in [0.1, 0.15) is 16.5 Å². The van der Waals surface area contributed by atoms with Gasteiger partial charge in [0.1, 0.15) is 12.2 Å².